The van der Waals surface area contributed by atoms with Gasteiger partial charge in [-0.2, -0.15) is 0 Å². The van der Waals surface area contributed by atoms with Gasteiger partial charge in [0.2, 0.25) is 5.91 Å². The molecule has 0 aliphatic carbocycles. The number of benzene rings is 2. The molecular formula is C16H14ClNOS. The van der Waals surface area contributed by atoms with Crippen LogP contribution >= 0.6 is 23.4 Å². The number of hydrogen-bond donors (Lipinski definition) is 1. The molecule has 0 saturated heterocycles. The van der Waals surface area contributed by atoms with Crippen molar-refractivity contribution in [1.82, 2.24) is 0 Å². The number of aryl methyl sites for hydroxylation is 1. The fourth-order valence-electron chi connectivity index (χ4n) is 2.30. The first kappa shape index (κ1) is 13.5. The predicted molar refractivity (Wildman–Crippen MR) is 84.5 cm³/mol. The minimum atomic E-state index is 0.0732. The molecule has 0 unspecified atom stereocenters. The van der Waals surface area contributed by atoms with E-state index >= 15 is 0 Å². The molecule has 2 aromatic rings. The minimum Gasteiger partial charge on any atom is -0.326 e. The highest BCUT2D eigenvalue weighted by molar-refractivity contribution is 7.98. The highest BCUT2D eigenvalue weighted by Crippen LogP contribution is 2.32. The summed E-state index contributed by atoms with van der Waals surface area (Å²) in [6, 6.07) is 12.1. The van der Waals surface area contributed by atoms with Crippen LogP contribution in [0.4, 0.5) is 5.69 Å². The number of thioether (sulfide) groups is 1. The topological polar surface area (TPSA) is 29.1 Å². The molecule has 0 atom stereocenters. The van der Waals surface area contributed by atoms with Crippen molar-refractivity contribution in [2.75, 3.05) is 5.32 Å². The Hall–Kier alpha value is -1.45. The zero-order valence-electron chi connectivity index (χ0n) is 11.1. The number of carbonyl (C=O) groups excluding carboxylic acids is 1. The zero-order chi connectivity index (χ0) is 14.1. The van der Waals surface area contributed by atoms with Crippen molar-refractivity contribution in [3.63, 3.8) is 0 Å². The van der Waals surface area contributed by atoms with Crippen LogP contribution in [-0.4, -0.2) is 5.91 Å². The predicted octanol–water partition coefficient (Wildman–Crippen LogP) is 4.44. The Balaban J connectivity index is 1.76. The molecule has 2 aromatic carbocycles. The van der Waals surface area contributed by atoms with Crippen LogP contribution in [0.3, 0.4) is 0 Å². The molecule has 0 aromatic heterocycles. The van der Waals surface area contributed by atoms with Crippen LogP contribution in [0.15, 0.2) is 41.3 Å². The Kier molecular flexibility index (Phi) is 3.72. The number of rotatable bonds is 3. The van der Waals surface area contributed by atoms with E-state index in [-0.39, 0.29) is 5.91 Å². The van der Waals surface area contributed by atoms with Crippen molar-refractivity contribution in [1.29, 1.82) is 0 Å². The van der Waals surface area contributed by atoms with E-state index in [1.807, 2.05) is 24.3 Å². The van der Waals surface area contributed by atoms with Crippen LogP contribution in [-0.2, 0) is 17.0 Å². The van der Waals surface area contributed by atoms with E-state index in [4.69, 9.17) is 11.6 Å². The van der Waals surface area contributed by atoms with Gasteiger partial charge in [0, 0.05) is 21.4 Å². The van der Waals surface area contributed by atoms with E-state index in [2.05, 4.69) is 24.4 Å². The SMILES string of the molecule is Cc1cccc(Cl)c1CSc1ccc2c(c1)CC(=O)N2. The monoisotopic (exact) mass is 303 g/mol. The van der Waals surface area contributed by atoms with Gasteiger partial charge in [-0.25, -0.2) is 0 Å². The fourth-order valence-corrected chi connectivity index (χ4v) is 3.75. The Morgan fingerprint density at radius 2 is 2.15 bits per heavy atom. The normalized spacial score (nSPS) is 13.2. The number of fused-ring (bicyclic) bond motifs is 1. The maximum atomic E-state index is 11.3. The van der Waals surface area contributed by atoms with Crippen molar-refractivity contribution in [2.45, 2.75) is 24.0 Å². The lowest BCUT2D eigenvalue weighted by Crippen LogP contribution is -2.03. The number of amides is 1. The van der Waals surface area contributed by atoms with Crippen LogP contribution in [0.25, 0.3) is 0 Å². The van der Waals surface area contributed by atoms with Gasteiger partial charge in [-0.05, 0) is 47.9 Å². The quantitative estimate of drug-likeness (QED) is 0.850. The van der Waals surface area contributed by atoms with E-state index in [1.165, 1.54) is 16.0 Å². The smallest absolute Gasteiger partial charge is 0.228 e. The number of nitrogens with one attached hydrogen (secondary N) is 1. The summed E-state index contributed by atoms with van der Waals surface area (Å²) in [5, 5.41) is 3.66. The molecule has 20 heavy (non-hydrogen) atoms. The van der Waals surface area contributed by atoms with Gasteiger partial charge < -0.3 is 5.32 Å². The Bertz CT molecular complexity index is 664. The summed E-state index contributed by atoms with van der Waals surface area (Å²) in [5.74, 6) is 0.912. The van der Waals surface area contributed by atoms with Crippen LogP contribution in [0.1, 0.15) is 16.7 Å². The average Bonchev–Trinajstić information content (AvgIpc) is 2.77. The molecule has 0 bridgehead atoms. The molecular weight excluding hydrogens is 290 g/mol. The average molecular weight is 304 g/mol. The highest BCUT2D eigenvalue weighted by Gasteiger charge is 2.17. The highest BCUT2D eigenvalue weighted by atomic mass is 35.5. The van der Waals surface area contributed by atoms with Gasteiger partial charge in [0.25, 0.3) is 0 Å². The lowest BCUT2D eigenvalue weighted by molar-refractivity contribution is -0.115. The molecule has 0 saturated carbocycles. The Morgan fingerprint density at radius 3 is 2.95 bits per heavy atom. The minimum absolute atomic E-state index is 0.0732. The van der Waals surface area contributed by atoms with Gasteiger partial charge in [-0.1, -0.05) is 23.7 Å². The first-order valence-corrected chi connectivity index (χ1v) is 7.79. The summed E-state index contributed by atoms with van der Waals surface area (Å²) in [6.45, 7) is 2.08. The van der Waals surface area contributed by atoms with E-state index in [1.54, 1.807) is 11.8 Å². The summed E-state index contributed by atoms with van der Waals surface area (Å²) in [7, 11) is 0. The largest absolute Gasteiger partial charge is 0.326 e. The van der Waals surface area contributed by atoms with Crippen molar-refractivity contribution < 1.29 is 4.79 Å². The van der Waals surface area contributed by atoms with Gasteiger partial charge in [-0.3, -0.25) is 4.79 Å². The third-order valence-corrected chi connectivity index (χ3v) is 4.81. The van der Waals surface area contributed by atoms with Gasteiger partial charge in [0.05, 0.1) is 6.42 Å². The van der Waals surface area contributed by atoms with Crippen LogP contribution in [0.2, 0.25) is 5.02 Å². The second kappa shape index (κ2) is 5.51. The van der Waals surface area contributed by atoms with Gasteiger partial charge >= 0.3 is 0 Å². The molecule has 0 spiro atoms. The fraction of sp³-hybridized carbons (Fsp3) is 0.188. The molecule has 1 N–H and O–H groups in total. The van der Waals surface area contributed by atoms with E-state index in [0.717, 1.165) is 22.0 Å². The third kappa shape index (κ3) is 2.69. The first-order chi connectivity index (χ1) is 9.63. The zero-order valence-corrected chi connectivity index (χ0v) is 12.6. The van der Waals surface area contributed by atoms with Crippen LogP contribution < -0.4 is 5.32 Å². The number of anilines is 1. The molecule has 2 nitrogen and oxygen atoms in total. The lowest BCUT2D eigenvalue weighted by atomic mass is 10.1. The molecule has 102 valence electrons. The molecule has 0 fully saturated rings. The molecule has 4 heteroatoms. The standard InChI is InChI=1S/C16H14ClNOS/c1-10-3-2-4-14(17)13(10)9-20-12-5-6-15-11(7-12)8-16(19)18-15/h2-7H,8-9H2,1H3,(H,18,19). The Morgan fingerprint density at radius 1 is 1.30 bits per heavy atom. The molecule has 1 aliphatic heterocycles. The van der Waals surface area contributed by atoms with Crippen molar-refractivity contribution in [2.24, 2.45) is 0 Å². The van der Waals surface area contributed by atoms with Crippen LogP contribution in [0.5, 0.6) is 0 Å². The Labute approximate surface area is 127 Å². The summed E-state index contributed by atoms with van der Waals surface area (Å²) in [4.78, 5) is 12.5. The van der Waals surface area contributed by atoms with Gasteiger partial charge in [0.15, 0.2) is 0 Å². The lowest BCUT2D eigenvalue weighted by Gasteiger charge is -2.08. The van der Waals surface area contributed by atoms with Gasteiger partial charge in [-0.15, -0.1) is 11.8 Å². The van der Waals surface area contributed by atoms with E-state index < -0.39 is 0 Å². The van der Waals surface area contributed by atoms with Crippen molar-refractivity contribution >= 4 is 35.0 Å². The third-order valence-electron chi connectivity index (χ3n) is 3.44. The molecule has 0 radical (unpaired) electrons. The summed E-state index contributed by atoms with van der Waals surface area (Å²) < 4.78 is 0. The van der Waals surface area contributed by atoms with Crippen LogP contribution in [0, 0.1) is 6.92 Å². The molecule has 1 aliphatic rings. The molecule has 1 amide bonds. The molecule has 3 rings (SSSR count). The second-order valence-electron chi connectivity index (χ2n) is 4.87. The summed E-state index contributed by atoms with van der Waals surface area (Å²) in [6.07, 6.45) is 0.481. The number of carbonyl (C=O) groups is 1. The number of hydrogen-bond acceptors (Lipinski definition) is 2. The van der Waals surface area contributed by atoms with E-state index in [9.17, 15) is 4.79 Å². The van der Waals surface area contributed by atoms with Gasteiger partial charge in [0.1, 0.15) is 0 Å². The maximum Gasteiger partial charge on any atom is 0.228 e. The van der Waals surface area contributed by atoms with Crippen molar-refractivity contribution in [3.8, 4) is 0 Å². The maximum absolute atomic E-state index is 11.3. The van der Waals surface area contributed by atoms with Crippen molar-refractivity contribution in [3.05, 3.63) is 58.1 Å². The second-order valence-corrected chi connectivity index (χ2v) is 6.32. The summed E-state index contributed by atoms with van der Waals surface area (Å²) >= 11 is 7.99. The van der Waals surface area contributed by atoms with E-state index in [0.29, 0.717) is 6.42 Å². The summed E-state index contributed by atoms with van der Waals surface area (Å²) in [5.41, 5.74) is 4.40. The first-order valence-electron chi connectivity index (χ1n) is 6.43. The number of halogens is 1. The molecule has 1 heterocycles.